The Balaban J connectivity index is 1.85. The second-order valence-corrected chi connectivity index (χ2v) is 6.05. The molecule has 0 saturated carbocycles. The Morgan fingerprint density at radius 3 is 2.61 bits per heavy atom. The fourth-order valence-corrected chi connectivity index (χ4v) is 2.85. The molecule has 0 spiro atoms. The van der Waals surface area contributed by atoms with Gasteiger partial charge in [0.05, 0.1) is 0 Å². The number of nitrogens with zero attached hydrogens (tertiary/aromatic N) is 3. The maximum Gasteiger partial charge on any atom is 0.274 e. The van der Waals surface area contributed by atoms with Crippen LogP contribution in [0.25, 0.3) is 0 Å². The first-order chi connectivity index (χ1) is 11.0. The van der Waals surface area contributed by atoms with Crippen molar-refractivity contribution in [2.45, 2.75) is 33.6 Å². The second-order valence-electron chi connectivity index (χ2n) is 6.05. The third-order valence-corrected chi connectivity index (χ3v) is 4.34. The van der Waals surface area contributed by atoms with E-state index in [4.69, 9.17) is 0 Å². The molecule has 1 aromatic heterocycles. The highest BCUT2D eigenvalue weighted by Crippen LogP contribution is 2.21. The van der Waals surface area contributed by atoms with Gasteiger partial charge in [0.1, 0.15) is 17.3 Å². The van der Waals surface area contributed by atoms with Crippen molar-refractivity contribution in [2.24, 2.45) is 0 Å². The van der Waals surface area contributed by atoms with E-state index in [1.807, 2.05) is 39.0 Å². The minimum absolute atomic E-state index is 0.190. The van der Waals surface area contributed by atoms with Gasteiger partial charge in [-0.2, -0.15) is 0 Å². The van der Waals surface area contributed by atoms with E-state index in [0.717, 1.165) is 35.7 Å². The molecular formula is C18H22N4O. The van der Waals surface area contributed by atoms with E-state index in [9.17, 15) is 4.79 Å². The van der Waals surface area contributed by atoms with Gasteiger partial charge in [0.15, 0.2) is 0 Å². The molecule has 5 heteroatoms. The molecule has 120 valence electrons. The summed E-state index contributed by atoms with van der Waals surface area (Å²) in [5.74, 6) is 1.28. The summed E-state index contributed by atoms with van der Waals surface area (Å²) < 4.78 is 0. The maximum absolute atomic E-state index is 12.6. The summed E-state index contributed by atoms with van der Waals surface area (Å²) in [5, 5.41) is 2.96. The predicted octanol–water partition coefficient (Wildman–Crippen LogP) is 3.25. The van der Waals surface area contributed by atoms with Gasteiger partial charge in [0.2, 0.25) is 0 Å². The van der Waals surface area contributed by atoms with Crippen LogP contribution in [0.3, 0.4) is 0 Å². The topological polar surface area (TPSA) is 58.1 Å². The van der Waals surface area contributed by atoms with Gasteiger partial charge in [-0.05, 0) is 50.8 Å². The largest absolute Gasteiger partial charge is 0.356 e. The summed E-state index contributed by atoms with van der Waals surface area (Å²) in [6.07, 6.45) is 2.35. The Morgan fingerprint density at radius 1 is 1.13 bits per heavy atom. The molecule has 0 radical (unpaired) electrons. The van der Waals surface area contributed by atoms with Crippen molar-refractivity contribution in [2.75, 3.05) is 23.3 Å². The third kappa shape index (κ3) is 3.33. The van der Waals surface area contributed by atoms with Crippen LogP contribution in [0, 0.1) is 20.8 Å². The normalized spacial score (nSPS) is 14.1. The number of nitrogens with one attached hydrogen (secondary N) is 1. The Kier molecular flexibility index (Phi) is 4.28. The molecule has 1 aliphatic heterocycles. The highest BCUT2D eigenvalue weighted by molar-refractivity contribution is 6.03. The SMILES string of the molecule is Cc1nc(C(=O)Nc2cccc(C)c2C)cc(N2CCCC2)n1. The molecule has 3 rings (SSSR count). The molecule has 0 atom stereocenters. The number of aryl methyl sites for hydroxylation is 2. The van der Waals surface area contributed by atoms with Crippen LogP contribution in [0.4, 0.5) is 11.5 Å². The van der Waals surface area contributed by atoms with E-state index in [1.165, 1.54) is 12.8 Å². The summed E-state index contributed by atoms with van der Waals surface area (Å²) in [6, 6.07) is 7.68. The van der Waals surface area contributed by atoms with Crippen molar-refractivity contribution in [1.82, 2.24) is 9.97 Å². The Hall–Kier alpha value is -2.43. The van der Waals surface area contributed by atoms with Gasteiger partial charge in [-0.15, -0.1) is 0 Å². The first-order valence-corrected chi connectivity index (χ1v) is 8.03. The van der Waals surface area contributed by atoms with Gasteiger partial charge in [-0.25, -0.2) is 9.97 Å². The number of aromatic nitrogens is 2. The van der Waals surface area contributed by atoms with E-state index >= 15 is 0 Å². The molecule has 0 aliphatic carbocycles. The fourth-order valence-electron chi connectivity index (χ4n) is 2.85. The number of carbonyl (C=O) groups excluding carboxylic acids is 1. The minimum Gasteiger partial charge on any atom is -0.356 e. The lowest BCUT2D eigenvalue weighted by Crippen LogP contribution is -2.22. The average Bonchev–Trinajstić information content (AvgIpc) is 3.05. The summed E-state index contributed by atoms with van der Waals surface area (Å²) in [6.45, 7) is 7.86. The van der Waals surface area contributed by atoms with Crippen LogP contribution in [-0.4, -0.2) is 29.0 Å². The molecule has 0 bridgehead atoms. The predicted molar refractivity (Wildman–Crippen MR) is 92.1 cm³/mol. The zero-order chi connectivity index (χ0) is 16.4. The van der Waals surface area contributed by atoms with Crippen molar-refractivity contribution >= 4 is 17.4 Å². The average molecular weight is 310 g/mol. The first kappa shape index (κ1) is 15.5. The van der Waals surface area contributed by atoms with Crippen LogP contribution in [0.5, 0.6) is 0 Å². The highest BCUT2D eigenvalue weighted by Gasteiger charge is 2.18. The van der Waals surface area contributed by atoms with E-state index < -0.39 is 0 Å². The Bertz CT molecular complexity index is 736. The van der Waals surface area contributed by atoms with Crippen LogP contribution in [-0.2, 0) is 0 Å². The maximum atomic E-state index is 12.6. The number of amides is 1. The molecule has 1 amide bonds. The van der Waals surface area contributed by atoms with Crippen molar-refractivity contribution in [3.05, 3.63) is 46.9 Å². The summed E-state index contributed by atoms with van der Waals surface area (Å²) in [5.41, 5.74) is 3.47. The molecule has 1 aromatic carbocycles. The van der Waals surface area contributed by atoms with Crippen molar-refractivity contribution in [3.63, 3.8) is 0 Å². The van der Waals surface area contributed by atoms with Crippen LogP contribution < -0.4 is 10.2 Å². The zero-order valence-corrected chi connectivity index (χ0v) is 13.9. The van der Waals surface area contributed by atoms with Gasteiger partial charge in [-0.1, -0.05) is 12.1 Å². The number of anilines is 2. The standard InChI is InChI=1S/C18H22N4O/c1-12-7-6-8-15(13(12)2)21-18(23)16-11-17(20-14(3)19-16)22-9-4-5-10-22/h6-8,11H,4-5,9-10H2,1-3H3,(H,21,23). The lowest BCUT2D eigenvalue weighted by molar-refractivity contribution is 0.102. The number of hydrogen-bond donors (Lipinski definition) is 1. The third-order valence-electron chi connectivity index (χ3n) is 4.34. The molecule has 1 aliphatic rings. The number of rotatable bonds is 3. The summed E-state index contributed by atoms with van der Waals surface area (Å²) >= 11 is 0. The zero-order valence-electron chi connectivity index (χ0n) is 13.9. The van der Waals surface area contributed by atoms with Crippen molar-refractivity contribution in [3.8, 4) is 0 Å². The minimum atomic E-state index is -0.190. The smallest absolute Gasteiger partial charge is 0.274 e. The fraction of sp³-hybridized carbons (Fsp3) is 0.389. The van der Waals surface area contributed by atoms with Crippen LogP contribution in [0.1, 0.15) is 40.3 Å². The Labute approximate surface area is 136 Å². The van der Waals surface area contributed by atoms with Gasteiger partial charge in [0.25, 0.3) is 5.91 Å². The van der Waals surface area contributed by atoms with Crippen molar-refractivity contribution < 1.29 is 4.79 Å². The summed E-state index contributed by atoms with van der Waals surface area (Å²) in [4.78, 5) is 23.6. The lowest BCUT2D eigenvalue weighted by Gasteiger charge is -2.17. The molecule has 1 N–H and O–H groups in total. The molecule has 0 unspecified atom stereocenters. The van der Waals surface area contributed by atoms with Gasteiger partial charge >= 0.3 is 0 Å². The number of benzene rings is 1. The lowest BCUT2D eigenvalue weighted by atomic mass is 10.1. The van der Waals surface area contributed by atoms with E-state index in [1.54, 1.807) is 6.07 Å². The summed E-state index contributed by atoms with van der Waals surface area (Å²) in [7, 11) is 0. The first-order valence-electron chi connectivity index (χ1n) is 8.03. The Morgan fingerprint density at radius 2 is 1.87 bits per heavy atom. The quantitative estimate of drug-likeness (QED) is 0.945. The second kappa shape index (κ2) is 6.36. The molecular weight excluding hydrogens is 288 g/mol. The van der Waals surface area contributed by atoms with E-state index in [-0.39, 0.29) is 5.91 Å². The highest BCUT2D eigenvalue weighted by atomic mass is 16.1. The van der Waals surface area contributed by atoms with Crippen molar-refractivity contribution in [1.29, 1.82) is 0 Å². The van der Waals surface area contributed by atoms with Crippen LogP contribution >= 0.6 is 0 Å². The molecule has 23 heavy (non-hydrogen) atoms. The van der Waals surface area contributed by atoms with E-state index in [0.29, 0.717) is 11.5 Å². The number of carbonyl (C=O) groups is 1. The molecule has 5 nitrogen and oxygen atoms in total. The van der Waals surface area contributed by atoms with Crippen LogP contribution in [0.2, 0.25) is 0 Å². The van der Waals surface area contributed by atoms with Gasteiger partial charge < -0.3 is 10.2 Å². The van der Waals surface area contributed by atoms with Gasteiger partial charge in [0, 0.05) is 24.8 Å². The number of hydrogen-bond acceptors (Lipinski definition) is 4. The molecule has 2 heterocycles. The monoisotopic (exact) mass is 310 g/mol. The van der Waals surface area contributed by atoms with E-state index in [2.05, 4.69) is 20.2 Å². The molecule has 1 fully saturated rings. The molecule has 2 aromatic rings. The molecule has 1 saturated heterocycles. The van der Waals surface area contributed by atoms with Crippen LogP contribution in [0.15, 0.2) is 24.3 Å². The van der Waals surface area contributed by atoms with Gasteiger partial charge in [-0.3, -0.25) is 4.79 Å².